The molecule has 2 heterocycles. The molecule has 0 aromatic heterocycles. The van der Waals surface area contributed by atoms with E-state index in [0.717, 1.165) is 62.9 Å². The third kappa shape index (κ3) is 5.94. The molecule has 37 heavy (non-hydrogen) atoms. The highest BCUT2D eigenvalue weighted by Gasteiger charge is 2.20. The first-order valence-corrected chi connectivity index (χ1v) is 13.0. The molecule has 3 aromatic rings. The maximum atomic E-state index is 13.2. The fraction of sp³-hybridized carbons (Fsp3) is 0.333. The number of rotatable bonds is 7. The Morgan fingerprint density at radius 2 is 1.49 bits per heavy atom. The van der Waals surface area contributed by atoms with Crippen LogP contribution in [0.15, 0.2) is 72.8 Å². The fourth-order valence-corrected chi connectivity index (χ4v) is 4.99. The van der Waals surface area contributed by atoms with Gasteiger partial charge in [-0.25, -0.2) is 0 Å². The molecule has 1 saturated heterocycles. The summed E-state index contributed by atoms with van der Waals surface area (Å²) in [4.78, 5) is 32.1. The van der Waals surface area contributed by atoms with Crippen molar-refractivity contribution in [2.45, 2.75) is 19.9 Å². The van der Waals surface area contributed by atoms with Crippen LogP contribution in [0.3, 0.4) is 0 Å². The number of benzene rings is 3. The van der Waals surface area contributed by atoms with Crippen molar-refractivity contribution in [1.82, 2.24) is 4.90 Å². The molecular weight excluding hydrogens is 464 g/mol. The average Bonchev–Trinajstić information content (AvgIpc) is 2.96. The van der Waals surface area contributed by atoms with Gasteiger partial charge in [-0.3, -0.25) is 9.59 Å². The number of ether oxygens (including phenoxy) is 1. The topological polar surface area (TPSA) is 65.1 Å². The molecule has 1 fully saturated rings. The summed E-state index contributed by atoms with van der Waals surface area (Å²) in [6.07, 6.45) is 1.02. The number of morpholine rings is 1. The SMILES string of the molecule is CCN(CC(=O)Nc1ccc(N2CCOCC2)cc1)C(=O)c1ccc(N2CCc3ccccc3C2)cc1. The van der Waals surface area contributed by atoms with Crippen molar-refractivity contribution in [1.29, 1.82) is 0 Å². The van der Waals surface area contributed by atoms with Crippen LogP contribution in [-0.4, -0.2) is 62.7 Å². The summed E-state index contributed by atoms with van der Waals surface area (Å²) in [6, 6.07) is 24.1. The zero-order valence-corrected chi connectivity index (χ0v) is 21.4. The number of fused-ring (bicyclic) bond motifs is 1. The van der Waals surface area contributed by atoms with Crippen LogP contribution in [0.5, 0.6) is 0 Å². The van der Waals surface area contributed by atoms with E-state index >= 15 is 0 Å². The van der Waals surface area contributed by atoms with E-state index in [1.54, 1.807) is 4.90 Å². The van der Waals surface area contributed by atoms with Crippen molar-refractivity contribution in [3.05, 3.63) is 89.5 Å². The van der Waals surface area contributed by atoms with E-state index in [1.807, 2.05) is 55.5 Å². The lowest BCUT2D eigenvalue weighted by Gasteiger charge is -2.31. The van der Waals surface area contributed by atoms with Gasteiger partial charge >= 0.3 is 0 Å². The lowest BCUT2D eigenvalue weighted by Crippen LogP contribution is -2.38. The van der Waals surface area contributed by atoms with Gasteiger partial charge in [0.05, 0.1) is 13.2 Å². The second-order valence-corrected chi connectivity index (χ2v) is 9.50. The van der Waals surface area contributed by atoms with Crippen LogP contribution in [0.2, 0.25) is 0 Å². The number of anilines is 3. The first-order valence-electron chi connectivity index (χ1n) is 13.0. The minimum Gasteiger partial charge on any atom is -0.378 e. The van der Waals surface area contributed by atoms with Crippen molar-refractivity contribution in [3.63, 3.8) is 0 Å². The zero-order chi connectivity index (χ0) is 25.6. The summed E-state index contributed by atoms with van der Waals surface area (Å²) in [5.74, 6) is -0.353. The zero-order valence-electron chi connectivity index (χ0n) is 21.4. The number of hydrogen-bond acceptors (Lipinski definition) is 5. The third-order valence-corrected chi connectivity index (χ3v) is 7.14. The Hall–Kier alpha value is -3.84. The quantitative estimate of drug-likeness (QED) is 0.529. The van der Waals surface area contributed by atoms with Crippen LogP contribution in [0.25, 0.3) is 0 Å². The molecule has 0 atom stereocenters. The number of amides is 2. The molecular formula is C30H34N4O3. The summed E-state index contributed by atoms with van der Waals surface area (Å²) < 4.78 is 5.41. The highest BCUT2D eigenvalue weighted by Crippen LogP contribution is 2.25. The molecule has 2 aliphatic heterocycles. The normalized spacial score (nSPS) is 15.2. The number of nitrogens with one attached hydrogen (secondary N) is 1. The van der Waals surface area contributed by atoms with Crippen molar-refractivity contribution in [2.24, 2.45) is 0 Å². The molecule has 5 rings (SSSR count). The van der Waals surface area contributed by atoms with Crippen molar-refractivity contribution < 1.29 is 14.3 Å². The summed E-state index contributed by atoms with van der Waals surface area (Å²) >= 11 is 0. The number of carbonyl (C=O) groups excluding carboxylic acids is 2. The standard InChI is InChI=1S/C30H34N4O3/c1-2-32(22-29(35)31-26-9-13-27(14-10-26)33-17-19-37-20-18-33)30(36)24-7-11-28(12-8-24)34-16-15-23-5-3-4-6-25(23)21-34/h3-14H,2,15-22H2,1H3,(H,31,35). The fourth-order valence-electron chi connectivity index (χ4n) is 4.99. The van der Waals surface area contributed by atoms with Crippen LogP contribution in [0, 0.1) is 0 Å². The minimum absolute atomic E-state index is 0.00517. The van der Waals surface area contributed by atoms with Gasteiger partial charge in [-0.15, -0.1) is 0 Å². The average molecular weight is 499 g/mol. The Balaban J connectivity index is 1.16. The van der Waals surface area contributed by atoms with Crippen molar-refractivity contribution in [2.75, 3.05) is 61.1 Å². The van der Waals surface area contributed by atoms with Crippen LogP contribution in [0.1, 0.15) is 28.4 Å². The molecule has 0 aliphatic carbocycles. The first-order chi connectivity index (χ1) is 18.1. The second-order valence-electron chi connectivity index (χ2n) is 9.50. The molecule has 0 bridgehead atoms. The van der Waals surface area contributed by atoms with Gasteiger partial charge in [0, 0.05) is 55.3 Å². The Bertz CT molecular complexity index is 1220. The van der Waals surface area contributed by atoms with Gasteiger partial charge in [0.1, 0.15) is 6.54 Å². The molecule has 0 unspecified atom stereocenters. The van der Waals surface area contributed by atoms with Gasteiger partial charge in [0.2, 0.25) is 5.91 Å². The highest BCUT2D eigenvalue weighted by atomic mass is 16.5. The van der Waals surface area contributed by atoms with Gasteiger partial charge in [0.25, 0.3) is 5.91 Å². The predicted molar refractivity (Wildman–Crippen MR) is 147 cm³/mol. The van der Waals surface area contributed by atoms with Crippen LogP contribution in [-0.2, 0) is 22.5 Å². The summed E-state index contributed by atoms with van der Waals surface area (Å²) in [7, 11) is 0. The molecule has 2 aliphatic rings. The van der Waals surface area contributed by atoms with Gasteiger partial charge in [-0.05, 0) is 73.0 Å². The molecule has 2 amide bonds. The van der Waals surface area contributed by atoms with Gasteiger partial charge in [-0.2, -0.15) is 0 Å². The Morgan fingerprint density at radius 1 is 0.838 bits per heavy atom. The molecule has 0 radical (unpaired) electrons. The van der Waals surface area contributed by atoms with Gasteiger partial charge in [0.15, 0.2) is 0 Å². The van der Waals surface area contributed by atoms with Crippen LogP contribution < -0.4 is 15.1 Å². The molecule has 0 saturated carbocycles. The predicted octanol–water partition coefficient (Wildman–Crippen LogP) is 4.19. The molecule has 3 aromatic carbocycles. The van der Waals surface area contributed by atoms with Crippen molar-refractivity contribution in [3.8, 4) is 0 Å². The van der Waals surface area contributed by atoms with E-state index in [9.17, 15) is 9.59 Å². The third-order valence-electron chi connectivity index (χ3n) is 7.14. The lowest BCUT2D eigenvalue weighted by atomic mass is 9.99. The Morgan fingerprint density at radius 3 is 2.19 bits per heavy atom. The van der Waals surface area contributed by atoms with Gasteiger partial charge < -0.3 is 24.8 Å². The number of carbonyl (C=O) groups is 2. The van der Waals surface area contributed by atoms with Crippen LogP contribution in [0.4, 0.5) is 17.1 Å². The molecule has 0 spiro atoms. The maximum Gasteiger partial charge on any atom is 0.254 e. The van der Waals surface area contributed by atoms with E-state index in [4.69, 9.17) is 4.74 Å². The smallest absolute Gasteiger partial charge is 0.254 e. The molecule has 192 valence electrons. The van der Waals surface area contributed by atoms with E-state index in [1.165, 1.54) is 11.1 Å². The summed E-state index contributed by atoms with van der Waals surface area (Å²) in [5, 5.41) is 2.92. The van der Waals surface area contributed by atoms with Gasteiger partial charge in [-0.1, -0.05) is 24.3 Å². The summed E-state index contributed by atoms with van der Waals surface area (Å²) in [6.45, 7) is 7.37. The monoisotopic (exact) mass is 498 g/mol. The van der Waals surface area contributed by atoms with Crippen LogP contribution >= 0.6 is 0 Å². The minimum atomic E-state index is -0.210. The first kappa shape index (κ1) is 24.8. The molecule has 7 heteroatoms. The summed E-state index contributed by atoms with van der Waals surface area (Å²) in [5.41, 5.74) is 6.29. The molecule has 1 N–H and O–H groups in total. The van der Waals surface area contributed by atoms with E-state index < -0.39 is 0 Å². The number of nitrogens with zero attached hydrogens (tertiary/aromatic N) is 3. The number of hydrogen-bond donors (Lipinski definition) is 1. The van der Waals surface area contributed by atoms with E-state index in [-0.39, 0.29) is 18.4 Å². The highest BCUT2D eigenvalue weighted by molar-refractivity contribution is 5.99. The second kappa shape index (κ2) is 11.5. The van der Waals surface area contributed by atoms with Crippen molar-refractivity contribution >= 4 is 28.9 Å². The largest absolute Gasteiger partial charge is 0.378 e. The lowest BCUT2D eigenvalue weighted by molar-refractivity contribution is -0.116. The van der Waals surface area contributed by atoms with E-state index in [2.05, 4.69) is 39.4 Å². The molecule has 7 nitrogen and oxygen atoms in total. The van der Waals surface area contributed by atoms with E-state index in [0.29, 0.717) is 12.1 Å². The number of likely N-dealkylation sites (N-methyl/N-ethyl adjacent to an activating group) is 1. The Labute approximate surface area is 218 Å². The maximum absolute atomic E-state index is 13.2. The Kier molecular flexibility index (Phi) is 7.70.